The number of aliphatic carboxylic acids is 1. The van der Waals surface area contributed by atoms with Crippen molar-refractivity contribution in [3.8, 4) is 0 Å². The van der Waals surface area contributed by atoms with E-state index in [4.69, 9.17) is 5.11 Å². The summed E-state index contributed by atoms with van der Waals surface area (Å²) in [4.78, 5) is 24.3. The van der Waals surface area contributed by atoms with Crippen molar-refractivity contribution in [2.45, 2.75) is 19.8 Å². The first-order valence-electron chi connectivity index (χ1n) is 7.30. The molecule has 1 aliphatic rings. The van der Waals surface area contributed by atoms with Gasteiger partial charge in [0.1, 0.15) is 0 Å². The monoisotopic (exact) mass is 340 g/mol. The number of benzene rings is 1. The molecule has 126 valence electrons. The van der Waals surface area contributed by atoms with E-state index in [1.165, 1.54) is 9.21 Å². The molecule has 1 N–H and O–H groups in total. The Morgan fingerprint density at radius 3 is 2.57 bits per heavy atom. The number of amides is 1. The molecule has 2 rings (SSSR count). The van der Waals surface area contributed by atoms with Crippen molar-refractivity contribution in [1.82, 2.24) is 4.90 Å². The van der Waals surface area contributed by atoms with Crippen LogP contribution in [0.4, 0.5) is 5.69 Å². The molecule has 7 nitrogen and oxygen atoms in total. The van der Waals surface area contributed by atoms with Crippen molar-refractivity contribution in [2.75, 3.05) is 30.2 Å². The van der Waals surface area contributed by atoms with Gasteiger partial charge in [0.15, 0.2) is 0 Å². The molecule has 0 saturated carbocycles. The number of aryl methyl sites for hydroxylation is 1. The van der Waals surface area contributed by atoms with Crippen LogP contribution in [0.3, 0.4) is 0 Å². The molecule has 1 amide bonds. The predicted octanol–water partition coefficient (Wildman–Crippen LogP) is 1.08. The molecule has 0 aliphatic carbocycles. The Labute approximate surface area is 135 Å². The second-order valence-electron chi connectivity index (χ2n) is 5.61. The zero-order valence-corrected chi connectivity index (χ0v) is 14.0. The van der Waals surface area contributed by atoms with Crippen LogP contribution in [-0.2, 0) is 14.8 Å². The molecule has 1 saturated heterocycles. The van der Waals surface area contributed by atoms with Gasteiger partial charge in [-0.3, -0.25) is 13.9 Å². The molecule has 0 unspecified atom stereocenters. The van der Waals surface area contributed by atoms with Gasteiger partial charge in [0.2, 0.25) is 10.0 Å². The maximum atomic E-state index is 12.3. The van der Waals surface area contributed by atoms with Gasteiger partial charge in [0, 0.05) is 25.7 Å². The Kier molecular flexibility index (Phi) is 4.93. The van der Waals surface area contributed by atoms with Crippen molar-refractivity contribution in [3.63, 3.8) is 0 Å². The van der Waals surface area contributed by atoms with Gasteiger partial charge in [0.05, 0.1) is 17.9 Å². The van der Waals surface area contributed by atoms with Crippen LogP contribution >= 0.6 is 0 Å². The molecule has 1 heterocycles. The fourth-order valence-electron chi connectivity index (χ4n) is 2.54. The van der Waals surface area contributed by atoms with Gasteiger partial charge in [-0.2, -0.15) is 0 Å². The van der Waals surface area contributed by atoms with Gasteiger partial charge in [-0.05, 0) is 37.1 Å². The molecule has 0 atom stereocenters. The molecule has 23 heavy (non-hydrogen) atoms. The average molecular weight is 340 g/mol. The molecule has 8 heteroatoms. The van der Waals surface area contributed by atoms with Crippen LogP contribution in [-0.4, -0.2) is 56.2 Å². The first-order chi connectivity index (χ1) is 10.7. The molecule has 0 spiro atoms. The zero-order valence-electron chi connectivity index (χ0n) is 13.2. The molecule has 0 radical (unpaired) electrons. The SMILES string of the molecule is Cc1cc(N2CCCS2(=O)=O)ccc1C(=O)N(C)CCC(=O)O. The Morgan fingerprint density at radius 1 is 1.35 bits per heavy atom. The van der Waals surface area contributed by atoms with Crippen LogP contribution in [0, 0.1) is 6.92 Å². The first kappa shape index (κ1) is 17.3. The topological polar surface area (TPSA) is 95.0 Å². The summed E-state index contributed by atoms with van der Waals surface area (Å²) in [5.74, 6) is -1.10. The van der Waals surface area contributed by atoms with Crippen LogP contribution < -0.4 is 4.31 Å². The number of carbonyl (C=O) groups is 2. The summed E-state index contributed by atoms with van der Waals surface area (Å²) >= 11 is 0. The molecule has 0 aromatic heterocycles. The maximum Gasteiger partial charge on any atom is 0.305 e. The van der Waals surface area contributed by atoms with Crippen molar-refractivity contribution in [3.05, 3.63) is 29.3 Å². The number of hydrogen-bond donors (Lipinski definition) is 1. The Hall–Kier alpha value is -2.09. The van der Waals surface area contributed by atoms with E-state index in [9.17, 15) is 18.0 Å². The third-order valence-corrected chi connectivity index (χ3v) is 5.70. The molecular formula is C15H20N2O5S. The van der Waals surface area contributed by atoms with Crippen LogP contribution in [0.2, 0.25) is 0 Å². The predicted molar refractivity (Wildman–Crippen MR) is 86.1 cm³/mol. The lowest BCUT2D eigenvalue weighted by Gasteiger charge is -2.20. The van der Waals surface area contributed by atoms with Gasteiger partial charge < -0.3 is 10.0 Å². The Morgan fingerprint density at radius 2 is 2.04 bits per heavy atom. The molecule has 0 bridgehead atoms. The third-order valence-electron chi connectivity index (χ3n) is 3.84. The fourth-order valence-corrected chi connectivity index (χ4v) is 4.10. The van der Waals surface area contributed by atoms with Gasteiger partial charge in [-0.1, -0.05) is 0 Å². The number of hydrogen-bond acceptors (Lipinski definition) is 4. The molecular weight excluding hydrogens is 320 g/mol. The van der Waals surface area contributed by atoms with Crippen LogP contribution in [0.5, 0.6) is 0 Å². The van der Waals surface area contributed by atoms with Crippen LogP contribution in [0.1, 0.15) is 28.8 Å². The summed E-state index contributed by atoms with van der Waals surface area (Å²) in [6.07, 6.45) is 0.478. The van der Waals surface area contributed by atoms with E-state index < -0.39 is 16.0 Å². The first-order valence-corrected chi connectivity index (χ1v) is 8.91. The van der Waals surface area contributed by atoms with E-state index in [0.29, 0.717) is 29.8 Å². The quantitative estimate of drug-likeness (QED) is 0.865. The van der Waals surface area contributed by atoms with E-state index >= 15 is 0 Å². The van der Waals surface area contributed by atoms with E-state index in [2.05, 4.69) is 0 Å². The summed E-state index contributed by atoms with van der Waals surface area (Å²) in [7, 11) is -1.71. The zero-order chi connectivity index (χ0) is 17.2. The highest BCUT2D eigenvalue weighted by Crippen LogP contribution is 2.26. The van der Waals surface area contributed by atoms with Crippen molar-refractivity contribution >= 4 is 27.6 Å². The van der Waals surface area contributed by atoms with E-state index in [0.717, 1.165) is 0 Å². The summed E-state index contributed by atoms with van der Waals surface area (Å²) in [6.45, 7) is 2.31. The summed E-state index contributed by atoms with van der Waals surface area (Å²) < 4.78 is 25.3. The van der Waals surface area contributed by atoms with Gasteiger partial charge in [0.25, 0.3) is 5.91 Å². The summed E-state index contributed by atoms with van der Waals surface area (Å²) in [5, 5.41) is 8.68. The van der Waals surface area contributed by atoms with Gasteiger partial charge >= 0.3 is 5.97 Å². The normalized spacial score (nSPS) is 16.3. The Balaban J connectivity index is 2.19. The second-order valence-corrected chi connectivity index (χ2v) is 7.62. The molecule has 1 fully saturated rings. The summed E-state index contributed by atoms with van der Waals surface area (Å²) in [6, 6.07) is 4.90. The largest absolute Gasteiger partial charge is 0.481 e. The maximum absolute atomic E-state index is 12.3. The Bertz CT molecular complexity index is 729. The molecule has 1 aromatic rings. The minimum Gasteiger partial charge on any atom is -0.481 e. The standard InChI is InChI=1S/C15H20N2O5S/c1-11-10-12(17-7-3-9-23(17,21)22)4-5-13(11)15(20)16(2)8-6-14(18)19/h4-5,10H,3,6-9H2,1-2H3,(H,18,19). The van der Waals surface area contributed by atoms with E-state index in [-0.39, 0.29) is 24.6 Å². The number of rotatable bonds is 5. The fraction of sp³-hybridized carbons (Fsp3) is 0.467. The van der Waals surface area contributed by atoms with Crippen LogP contribution in [0.25, 0.3) is 0 Å². The lowest BCUT2D eigenvalue weighted by atomic mass is 10.1. The molecule has 1 aliphatic heterocycles. The minimum absolute atomic E-state index is 0.120. The van der Waals surface area contributed by atoms with Crippen LogP contribution in [0.15, 0.2) is 18.2 Å². The van der Waals surface area contributed by atoms with Crippen molar-refractivity contribution in [1.29, 1.82) is 0 Å². The highest BCUT2D eigenvalue weighted by molar-refractivity contribution is 7.93. The number of nitrogens with zero attached hydrogens (tertiary/aromatic N) is 2. The minimum atomic E-state index is -3.25. The molecule has 1 aromatic carbocycles. The highest BCUT2D eigenvalue weighted by atomic mass is 32.2. The number of carboxylic acids is 1. The average Bonchev–Trinajstić information content (AvgIpc) is 2.83. The second kappa shape index (κ2) is 6.57. The van der Waals surface area contributed by atoms with Crippen molar-refractivity contribution in [2.24, 2.45) is 0 Å². The number of carbonyl (C=O) groups excluding carboxylic acids is 1. The van der Waals surface area contributed by atoms with E-state index in [1.807, 2.05) is 0 Å². The van der Waals surface area contributed by atoms with Crippen molar-refractivity contribution < 1.29 is 23.1 Å². The summed E-state index contributed by atoms with van der Waals surface area (Å²) in [5.41, 5.74) is 1.67. The van der Waals surface area contributed by atoms with Gasteiger partial charge in [-0.15, -0.1) is 0 Å². The lowest BCUT2D eigenvalue weighted by Crippen LogP contribution is -2.30. The third kappa shape index (κ3) is 3.82. The van der Waals surface area contributed by atoms with Gasteiger partial charge in [-0.25, -0.2) is 8.42 Å². The number of carboxylic acid groups (broad SMARTS) is 1. The number of anilines is 1. The van der Waals surface area contributed by atoms with E-state index in [1.54, 1.807) is 32.2 Å². The highest BCUT2D eigenvalue weighted by Gasteiger charge is 2.29. The number of sulfonamides is 1. The smallest absolute Gasteiger partial charge is 0.305 e. The lowest BCUT2D eigenvalue weighted by molar-refractivity contribution is -0.137.